The minimum absolute atomic E-state index is 0.107. The van der Waals surface area contributed by atoms with Crippen LogP contribution in [0.2, 0.25) is 0 Å². The summed E-state index contributed by atoms with van der Waals surface area (Å²) >= 11 is 4.01. The number of nitrogens with zero attached hydrogens (tertiary/aromatic N) is 4. The molecule has 3 aromatic rings. The van der Waals surface area contributed by atoms with Crippen LogP contribution in [0, 0.1) is 24.3 Å². The summed E-state index contributed by atoms with van der Waals surface area (Å²) < 4.78 is 8.81. The molecule has 0 unspecified atom stereocenters. The number of benzene rings is 1. The highest BCUT2D eigenvalue weighted by molar-refractivity contribution is 14.1. The fourth-order valence-corrected chi connectivity index (χ4v) is 5.25. The first-order valence-electron chi connectivity index (χ1n) is 10.1. The van der Waals surface area contributed by atoms with Gasteiger partial charge in [0.25, 0.3) is 0 Å². The summed E-state index contributed by atoms with van der Waals surface area (Å²) in [5, 5.41) is 9.80. The van der Waals surface area contributed by atoms with E-state index in [1.165, 1.54) is 10.4 Å². The molecule has 0 radical (unpaired) electrons. The van der Waals surface area contributed by atoms with Crippen LogP contribution < -0.4 is 0 Å². The lowest BCUT2D eigenvalue weighted by atomic mass is 10.00. The summed E-state index contributed by atoms with van der Waals surface area (Å²) in [7, 11) is 0. The van der Waals surface area contributed by atoms with Crippen molar-refractivity contribution in [3.63, 3.8) is 0 Å². The third-order valence-electron chi connectivity index (χ3n) is 5.14. The highest BCUT2D eigenvalue weighted by Crippen LogP contribution is 2.39. The van der Waals surface area contributed by atoms with E-state index in [2.05, 4.69) is 75.5 Å². The fraction of sp³-hybridized carbons (Fsp3) is 0.391. The number of rotatable bonds is 3. The molecule has 6 nitrogen and oxygen atoms in total. The maximum absolute atomic E-state index is 12.7. The number of fused-ring (bicyclic) bond motifs is 3. The second-order valence-corrected chi connectivity index (χ2v) is 11.1. The van der Waals surface area contributed by atoms with Crippen LogP contribution in [0.5, 0.6) is 0 Å². The normalized spacial score (nSPS) is 15.7. The molecule has 0 saturated heterocycles. The average Bonchev–Trinajstić information content (AvgIpc) is 3.14. The Morgan fingerprint density at radius 1 is 1.16 bits per heavy atom. The van der Waals surface area contributed by atoms with E-state index >= 15 is 0 Å². The van der Waals surface area contributed by atoms with Gasteiger partial charge >= 0.3 is 5.97 Å². The van der Waals surface area contributed by atoms with Gasteiger partial charge in [0.15, 0.2) is 5.82 Å². The topological polar surface area (TPSA) is 69.4 Å². The van der Waals surface area contributed by atoms with Gasteiger partial charge in [0, 0.05) is 19.6 Å². The van der Waals surface area contributed by atoms with Gasteiger partial charge in [0.2, 0.25) is 0 Å². The molecule has 0 saturated carbocycles. The van der Waals surface area contributed by atoms with E-state index in [4.69, 9.17) is 9.73 Å². The highest BCUT2D eigenvalue weighted by Gasteiger charge is 2.33. The van der Waals surface area contributed by atoms with Gasteiger partial charge < -0.3 is 4.74 Å². The Labute approximate surface area is 199 Å². The number of ether oxygens (including phenoxy) is 1. The lowest BCUT2D eigenvalue weighted by molar-refractivity contribution is -0.155. The summed E-state index contributed by atoms with van der Waals surface area (Å²) in [5.41, 5.74) is 3.62. The van der Waals surface area contributed by atoms with E-state index in [1.54, 1.807) is 11.3 Å². The molecule has 0 bridgehead atoms. The first-order chi connectivity index (χ1) is 14.5. The first-order valence-corrected chi connectivity index (χ1v) is 12.0. The summed E-state index contributed by atoms with van der Waals surface area (Å²) in [6.45, 7) is 11.8. The van der Waals surface area contributed by atoms with Crippen LogP contribution in [-0.2, 0) is 9.53 Å². The molecule has 2 aromatic heterocycles. The second kappa shape index (κ2) is 8.12. The van der Waals surface area contributed by atoms with Gasteiger partial charge in [-0.25, -0.2) is 0 Å². The molecule has 0 amide bonds. The third kappa shape index (κ3) is 4.32. The molecule has 1 atom stereocenters. The van der Waals surface area contributed by atoms with Crippen molar-refractivity contribution in [2.24, 2.45) is 4.99 Å². The Kier molecular flexibility index (Phi) is 5.80. The van der Waals surface area contributed by atoms with Gasteiger partial charge in [-0.3, -0.25) is 14.4 Å². The zero-order chi connectivity index (χ0) is 22.5. The predicted molar refractivity (Wildman–Crippen MR) is 131 cm³/mol. The quantitative estimate of drug-likeness (QED) is 0.321. The molecule has 1 aliphatic heterocycles. The van der Waals surface area contributed by atoms with Gasteiger partial charge in [-0.2, -0.15) is 0 Å². The van der Waals surface area contributed by atoms with Crippen LogP contribution in [0.1, 0.15) is 66.5 Å². The molecular weight excluding hydrogens is 523 g/mol. The minimum atomic E-state index is -0.555. The monoisotopic (exact) mass is 548 g/mol. The van der Waals surface area contributed by atoms with Crippen LogP contribution in [-0.4, -0.2) is 32.0 Å². The van der Waals surface area contributed by atoms with E-state index in [1.807, 2.05) is 27.7 Å². The maximum Gasteiger partial charge on any atom is 0.308 e. The molecule has 0 spiro atoms. The molecule has 4 rings (SSSR count). The molecule has 0 N–H and O–H groups in total. The van der Waals surface area contributed by atoms with E-state index in [9.17, 15) is 4.79 Å². The fourth-order valence-electron chi connectivity index (χ4n) is 3.67. The number of aliphatic imine (C=N–C) groups is 1. The van der Waals surface area contributed by atoms with E-state index in [0.717, 1.165) is 31.2 Å². The second-order valence-electron chi connectivity index (χ2n) is 8.70. The average molecular weight is 548 g/mol. The van der Waals surface area contributed by atoms with Crippen molar-refractivity contribution in [1.82, 2.24) is 14.8 Å². The SMILES string of the molecule is Cc1sc2c(c1C)C(c1ccc(I)cc1)=N[C@@H](CC(=O)OC(C)(C)C)c1nnc(C)n1-2. The van der Waals surface area contributed by atoms with Crippen LogP contribution in [0.25, 0.3) is 5.00 Å². The van der Waals surface area contributed by atoms with Gasteiger partial charge in [0.1, 0.15) is 22.5 Å². The van der Waals surface area contributed by atoms with E-state index in [0.29, 0.717) is 5.82 Å². The van der Waals surface area contributed by atoms with Crippen LogP contribution >= 0.6 is 33.9 Å². The number of thiophene rings is 1. The van der Waals surface area contributed by atoms with Crippen LogP contribution in [0.4, 0.5) is 0 Å². The smallest absolute Gasteiger partial charge is 0.308 e. The number of halogens is 1. The van der Waals surface area contributed by atoms with Gasteiger partial charge in [0.05, 0.1) is 12.1 Å². The Morgan fingerprint density at radius 2 is 1.84 bits per heavy atom. The molecule has 1 aliphatic rings. The van der Waals surface area contributed by atoms with Crippen molar-refractivity contribution in [3.05, 3.63) is 61.1 Å². The number of carbonyl (C=O) groups is 1. The standard InChI is InChI=1S/C23H25IN4O2S/c1-12-13(2)31-22-19(12)20(15-7-9-16(24)10-8-15)25-17(11-18(29)30-23(4,5)6)21-27-26-14(3)28(21)22/h7-10,17H,11H2,1-6H3/t17-/m0/s1. The Hall–Kier alpha value is -2.07. The molecule has 31 heavy (non-hydrogen) atoms. The van der Waals surface area contributed by atoms with Gasteiger partial charge in [-0.1, -0.05) is 12.1 Å². The highest BCUT2D eigenvalue weighted by atomic mass is 127. The van der Waals surface area contributed by atoms with E-state index in [-0.39, 0.29) is 12.4 Å². The molecule has 0 aliphatic carbocycles. The lowest BCUT2D eigenvalue weighted by Crippen LogP contribution is -2.25. The number of aromatic nitrogens is 3. The largest absolute Gasteiger partial charge is 0.460 e. The number of carbonyl (C=O) groups excluding carboxylic acids is 1. The van der Waals surface area contributed by atoms with Crippen molar-refractivity contribution in [1.29, 1.82) is 0 Å². The van der Waals surface area contributed by atoms with Crippen molar-refractivity contribution in [2.75, 3.05) is 0 Å². The zero-order valence-electron chi connectivity index (χ0n) is 18.5. The Morgan fingerprint density at radius 3 is 2.48 bits per heavy atom. The number of aryl methyl sites for hydroxylation is 2. The lowest BCUT2D eigenvalue weighted by Gasteiger charge is -2.21. The van der Waals surface area contributed by atoms with Crippen molar-refractivity contribution in [2.45, 2.75) is 59.6 Å². The molecule has 8 heteroatoms. The third-order valence-corrected chi connectivity index (χ3v) is 7.05. The van der Waals surface area contributed by atoms with Crippen molar-refractivity contribution < 1.29 is 9.53 Å². The molecule has 162 valence electrons. The Bertz CT molecular complexity index is 1190. The van der Waals surface area contributed by atoms with Gasteiger partial charge in [-0.15, -0.1) is 21.5 Å². The number of hydrogen-bond acceptors (Lipinski definition) is 6. The molecule has 3 heterocycles. The molecule has 0 fully saturated rings. The summed E-state index contributed by atoms with van der Waals surface area (Å²) in [6.07, 6.45) is 0.107. The summed E-state index contributed by atoms with van der Waals surface area (Å²) in [6, 6.07) is 7.84. The van der Waals surface area contributed by atoms with E-state index < -0.39 is 11.6 Å². The maximum atomic E-state index is 12.7. The minimum Gasteiger partial charge on any atom is -0.460 e. The van der Waals surface area contributed by atoms with Crippen LogP contribution in [0.3, 0.4) is 0 Å². The molecule has 1 aromatic carbocycles. The summed E-state index contributed by atoms with van der Waals surface area (Å²) in [4.78, 5) is 19.1. The predicted octanol–water partition coefficient (Wildman–Crippen LogP) is 5.48. The first kappa shape index (κ1) is 22.1. The zero-order valence-corrected chi connectivity index (χ0v) is 21.5. The van der Waals surface area contributed by atoms with Crippen molar-refractivity contribution in [3.8, 4) is 5.00 Å². The number of esters is 1. The molecular formula is C23H25IN4O2S. The van der Waals surface area contributed by atoms with Gasteiger partial charge in [-0.05, 0) is 81.8 Å². The Balaban J connectivity index is 1.91. The van der Waals surface area contributed by atoms with Crippen LogP contribution in [0.15, 0.2) is 29.3 Å². The summed E-state index contributed by atoms with van der Waals surface area (Å²) in [5.74, 6) is 1.16. The van der Waals surface area contributed by atoms with Crippen molar-refractivity contribution >= 4 is 45.6 Å². The number of hydrogen-bond donors (Lipinski definition) is 0.